The molecule has 27 heavy (non-hydrogen) atoms. The van der Waals surface area contributed by atoms with E-state index in [0.29, 0.717) is 13.2 Å². The first-order chi connectivity index (χ1) is 12.8. The normalized spacial score (nSPS) is 12.5. The van der Waals surface area contributed by atoms with Gasteiger partial charge in [-0.25, -0.2) is 4.98 Å². The first-order valence-corrected chi connectivity index (χ1v) is 8.42. The van der Waals surface area contributed by atoms with Gasteiger partial charge in [-0.05, 0) is 31.0 Å². The Labute approximate surface area is 155 Å². The number of benzene rings is 1. The Kier molecular flexibility index (Phi) is 7.18. The van der Waals surface area contributed by atoms with Crippen molar-refractivity contribution in [1.82, 2.24) is 10.3 Å². The number of pyridine rings is 1. The fraction of sp³-hybridized carbons (Fsp3) is 0.368. The Morgan fingerprint density at radius 1 is 1.19 bits per heavy atom. The Morgan fingerprint density at radius 3 is 2.44 bits per heavy atom. The number of carbonyl (C=O) groups excluding carboxylic acids is 1. The van der Waals surface area contributed by atoms with E-state index >= 15 is 0 Å². The maximum absolute atomic E-state index is 12.1. The minimum atomic E-state index is -4.44. The molecule has 8 heteroatoms. The Balaban J connectivity index is 1.86. The molecule has 0 bridgehead atoms. The van der Waals surface area contributed by atoms with E-state index < -0.39 is 12.8 Å². The smallest absolute Gasteiger partial charge is 0.422 e. The summed E-state index contributed by atoms with van der Waals surface area (Å²) in [4.78, 5) is 15.8. The molecule has 0 saturated heterocycles. The van der Waals surface area contributed by atoms with E-state index in [4.69, 9.17) is 4.74 Å². The number of amides is 1. The summed E-state index contributed by atoms with van der Waals surface area (Å²) in [6.45, 7) is 3.42. The van der Waals surface area contributed by atoms with Gasteiger partial charge < -0.3 is 14.8 Å². The topological polar surface area (TPSA) is 60.5 Å². The third kappa shape index (κ3) is 6.90. The summed E-state index contributed by atoms with van der Waals surface area (Å²) in [6, 6.07) is 10.3. The van der Waals surface area contributed by atoms with Crippen LogP contribution in [0.2, 0.25) is 0 Å². The van der Waals surface area contributed by atoms with Crippen LogP contribution >= 0.6 is 0 Å². The van der Waals surface area contributed by atoms with Crippen LogP contribution in [-0.2, 0) is 11.3 Å². The van der Waals surface area contributed by atoms with Gasteiger partial charge in [-0.15, -0.1) is 0 Å². The van der Waals surface area contributed by atoms with Crippen LogP contribution in [0.1, 0.15) is 41.4 Å². The van der Waals surface area contributed by atoms with Crippen molar-refractivity contribution in [2.75, 3.05) is 13.2 Å². The van der Waals surface area contributed by atoms with Crippen molar-refractivity contribution in [1.29, 1.82) is 0 Å². The minimum absolute atomic E-state index is 0.00259. The number of rotatable bonds is 8. The van der Waals surface area contributed by atoms with Crippen molar-refractivity contribution in [3.63, 3.8) is 0 Å². The molecule has 0 radical (unpaired) electrons. The number of hydrogen-bond donors (Lipinski definition) is 1. The number of hydrogen-bond acceptors (Lipinski definition) is 4. The molecule has 0 spiro atoms. The molecule has 1 aromatic heterocycles. The van der Waals surface area contributed by atoms with E-state index in [0.717, 1.165) is 11.1 Å². The molecule has 5 nitrogen and oxygen atoms in total. The second-order valence-electron chi connectivity index (χ2n) is 5.81. The summed E-state index contributed by atoms with van der Waals surface area (Å²) < 4.78 is 46.3. The van der Waals surface area contributed by atoms with Crippen LogP contribution < -0.4 is 10.1 Å². The first kappa shape index (κ1) is 20.7. The fourth-order valence-electron chi connectivity index (χ4n) is 2.29. The summed E-state index contributed by atoms with van der Waals surface area (Å²) >= 11 is 0. The number of nitrogens with zero attached hydrogens (tertiary/aromatic N) is 1. The molecule has 2 rings (SSSR count). The van der Waals surface area contributed by atoms with Crippen molar-refractivity contribution in [3.05, 3.63) is 59.3 Å². The molecule has 1 atom stereocenters. The quantitative estimate of drug-likeness (QED) is 0.748. The number of alkyl halides is 3. The van der Waals surface area contributed by atoms with Crippen molar-refractivity contribution in [2.24, 2.45) is 0 Å². The molecule has 146 valence electrons. The number of halogens is 3. The maximum atomic E-state index is 12.1. The van der Waals surface area contributed by atoms with Crippen LogP contribution in [0.5, 0.6) is 5.88 Å². The highest BCUT2D eigenvalue weighted by Gasteiger charge is 2.28. The molecule has 1 heterocycles. The third-order valence-corrected chi connectivity index (χ3v) is 3.70. The average molecular weight is 382 g/mol. The zero-order valence-corrected chi connectivity index (χ0v) is 15.0. The van der Waals surface area contributed by atoms with E-state index in [2.05, 4.69) is 15.0 Å². The Hall–Kier alpha value is -2.61. The fourth-order valence-corrected chi connectivity index (χ4v) is 2.29. The zero-order chi connectivity index (χ0) is 19.9. The summed E-state index contributed by atoms with van der Waals surface area (Å²) in [6.07, 6.45) is -3.26. The van der Waals surface area contributed by atoms with Crippen molar-refractivity contribution in [3.8, 4) is 5.88 Å². The molecule has 1 aromatic carbocycles. The first-order valence-electron chi connectivity index (χ1n) is 8.42. The second kappa shape index (κ2) is 9.36. The van der Waals surface area contributed by atoms with Gasteiger partial charge in [-0.2, -0.15) is 13.2 Å². The van der Waals surface area contributed by atoms with Crippen molar-refractivity contribution in [2.45, 2.75) is 32.7 Å². The SMILES string of the molecule is CCO[C@@H](C)c1ccc(CNC(=O)c2ccc(OCC(F)(F)F)nc2)cc1. The van der Waals surface area contributed by atoms with E-state index in [-0.39, 0.29) is 23.5 Å². The number of aromatic nitrogens is 1. The third-order valence-electron chi connectivity index (χ3n) is 3.70. The van der Waals surface area contributed by atoms with Crippen LogP contribution in [-0.4, -0.2) is 30.3 Å². The van der Waals surface area contributed by atoms with Crippen LogP contribution in [0, 0.1) is 0 Å². The predicted octanol–water partition coefficient (Wildman–Crippen LogP) is 4.05. The Bertz CT molecular complexity index is 731. The Morgan fingerprint density at radius 2 is 1.89 bits per heavy atom. The van der Waals surface area contributed by atoms with Gasteiger partial charge in [-0.3, -0.25) is 4.79 Å². The lowest BCUT2D eigenvalue weighted by molar-refractivity contribution is -0.154. The monoisotopic (exact) mass is 382 g/mol. The summed E-state index contributed by atoms with van der Waals surface area (Å²) in [5, 5.41) is 2.73. The van der Waals surface area contributed by atoms with E-state index in [9.17, 15) is 18.0 Å². The summed E-state index contributed by atoms with van der Waals surface area (Å²) in [5.41, 5.74) is 2.19. The van der Waals surface area contributed by atoms with Crippen LogP contribution in [0.4, 0.5) is 13.2 Å². The zero-order valence-electron chi connectivity index (χ0n) is 15.0. The molecule has 2 aromatic rings. The number of carbonyl (C=O) groups is 1. The lowest BCUT2D eigenvalue weighted by Gasteiger charge is -2.12. The molecule has 0 aliphatic heterocycles. The van der Waals surface area contributed by atoms with Gasteiger partial charge in [0.2, 0.25) is 5.88 Å². The van der Waals surface area contributed by atoms with Crippen molar-refractivity contribution >= 4 is 5.91 Å². The highest BCUT2D eigenvalue weighted by molar-refractivity contribution is 5.93. The van der Waals surface area contributed by atoms with E-state index in [1.54, 1.807) is 0 Å². The van der Waals surface area contributed by atoms with Crippen LogP contribution in [0.25, 0.3) is 0 Å². The standard InChI is InChI=1S/C19H21F3N2O3/c1-3-26-13(2)15-6-4-14(5-7-15)10-24-18(25)16-8-9-17(23-11-16)27-12-19(20,21)22/h4-9,11,13H,3,10,12H2,1-2H3,(H,24,25)/t13-/m0/s1. The molecule has 0 unspecified atom stereocenters. The van der Waals surface area contributed by atoms with Gasteiger partial charge in [0.25, 0.3) is 5.91 Å². The molecule has 0 aliphatic carbocycles. The molecule has 0 aliphatic rings. The maximum Gasteiger partial charge on any atom is 0.422 e. The van der Waals surface area contributed by atoms with Crippen LogP contribution in [0.15, 0.2) is 42.6 Å². The second-order valence-corrected chi connectivity index (χ2v) is 5.81. The molecule has 0 saturated carbocycles. The average Bonchev–Trinajstić information content (AvgIpc) is 2.65. The van der Waals surface area contributed by atoms with E-state index in [1.165, 1.54) is 18.3 Å². The molecule has 0 fully saturated rings. The highest BCUT2D eigenvalue weighted by atomic mass is 19.4. The summed E-state index contributed by atoms with van der Waals surface area (Å²) in [7, 11) is 0. The van der Waals surface area contributed by atoms with Crippen LogP contribution in [0.3, 0.4) is 0 Å². The largest absolute Gasteiger partial charge is 0.468 e. The van der Waals surface area contributed by atoms with Gasteiger partial charge in [0.05, 0.1) is 11.7 Å². The minimum Gasteiger partial charge on any atom is -0.468 e. The van der Waals surface area contributed by atoms with Gasteiger partial charge in [-0.1, -0.05) is 24.3 Å². The van der Waals surface area contributed by atoms with Gasteiger partial charge in [0.1, 0.15) is 0 Å². The lowest BCUT2D eigenvalue weighted by atomic mass is 10.1. The molecular weight excluding hydrogens is 361 g/mol. The van der Waals surface area contributed by atoms with Gasteiger partial charge in [0.15, 0.2) is 6.61 Å². The van der Waals surface area contributed by atoms with Gasteiger partial charge >= 0.3 is 6.18 Å². The molecule has 1 amide bonds. The molecule has 1 N–H and O–H groups in total. The number of ether oxygens (including phenoxy) is 2. The lowest BCUT2D eigenvalue weighted by Crippen LogP contribution is -2.23. The summed E-state index contributed by atoms with van der Waals surface area (Å²) in [5.74, 6) is -0.570. The number of nitrogens with one attached hydrogen (secondary N) is 1. The highest BCUT2D eigenvalue weighted by Crippen LogP contribution is 2.18. The van der Waals surface area contributed by atoms with Crippen molar-refractivity contribution < 1.29 is 27.4 Å². The molecular formula is C19H21F3N2O3. The van der Waals surface area contributed by atoms with Gasteiger partial charge in [0, 0.05) is 25.4 Å². The predicted molar refractivity (Wildman–Crippen MR) is 93.4 cm³/mol. The van der Waals surface area contributed by atoms with E-state index in [1.807, 2.05) is 38.1 Å².